The Morgan fingerprint density at radius 3 is 2.94 bits per heavy atom. The van der Waals surface area contributed by atoms with Crippen LogP contribution in [0.2, 0.25) is 0 Å². The molecule has 0 atom stereocenters. The zero-order valence-electron chi connectivity index (χ0n) is 8.88. The summed E-state index contributed by atoms with van der Waals surface area (Å²) in [5, 5.41) is 9.82. The van der Waals surface area contributed by atoms with Gasteiger partial charge in [0, 0.05) is 22.0 Å². The smallest absolute Gasteiger partial charge is 0.303 e. The molecule has 0 spiro atoms. The quantitative estimate of drug-likeness (QED) is 0.907. The molecule has 2 rings (SSSR count). The Hall–Kier alpha value is -1.29. The molecule has 0 bridgehead atoms. The molecule has 84 valence electrons. The van der Waals surface area contributed by atoms with Crippen LogP contribution in [-0.2, 0) is 11.2 Å². The number of carboxylic acids is 1. The minimum atomic E-state index is -0.760. The van der Waals surface area contributed by atoms with Crippen LogP contribution in [0.15, 0.2) is 22.7 Å². The highest BCUT2D eigenvalue weighted by atomic mass is 79.9. The summed E-state index contributed by atoms with van der Waals surface area (Å²) in [6.07, 6.45) is 0.734. The van der Waals surface area contributed by atoms with Crippen molar-refractivity contribution in [1.29, 1.82) is 0 Å². The molecule has 1 heterocycles. The molecule has 1 aromatic carbocycles. The van der Waals surface area contributed by atoms with Gasteiger partial charge in [-0.2, -0.15) is 0 Å². The van der Waals surface area contributed by atoms with E-state index in [1.807, 2.05) is 25.1 Å². The molecule has 2 aromatic rings. The van der Waals surface area contributed by atoms with Gasteiger partial charge in [0.1, 0.15) is 0 Å². The van der Waals surface area contributed by atoms with Gasteiger partial charge in [0.05, 0.1) is 5.52 Å². The fourth-order valence-corrected chi connectivity index (χ4v) is 2.39. The number of halogens is 1. The first-order valence-electron chi connectivity index (χ1n) is 5.07. The molecule has 1 aromatic heterocycles. The summed E-state index contributed by atoms with van der Waals surface area (Å²) in [5.74, 6) is -0.760. The van der Waals surface area contributed by atoms with Crippen LogP contribution in [0, 0.1) is 6.92 Å². The van der Waals surface area contributed by atoms with Gasteiger partial charge in [-0.05, 0) is 40.9 Å². The van der Waals surface area contributed by atoms with E-state index in [2.05, 4.69) is 20.9 Å². The lowest BCUT2D eigenvalue weighted by Crippen LogP contribution is -1.97. The highest BCUT2D eigenvalue weighted by Crippen LogP contribution is 2.28. The van der Waals surface area contributed by atoms with E-state index in [4.69, 9.17) is 5.11 Å². The van der Waals surface area contributed by atoms with Crippen LogP contribution in [-0.4, -0.2) is 16.1 Å². The summed E-state index contributed by atoms with van der Waals surface area (Å²) in [4.78, 5) is 13.9. The normalized spacial score (nSPS) is 10.9. The number of aryl methyl sites for hydroxylation is 2. The number of carboxylic acid groups (broad SMARTS) is 1. The molecule has 0 fully saturated rings. The molecule has 16 heavy (non-hydrogen) atoms. The number of nitrogens with one attached hydrogen (secondary N) is 1. The third-order valence-electron chi connectivity index (χ3n) is 2.69. The second-order valence-corrected chi connectivity index (χ2v) is 4.64. The molecule has 0 aliphatic heterocycles. The van der Waals surface area contributed by atoms with E-state index in [0.29, 0.717) is 6.42 Å². The van der Waals surface area contributed by atoms with Gasteiger partial charge in [0.25, 0.3) is 0 Å². The molecule has 0 saturated carbocycles. The van der Waals surface area contributed by atoms with Gasteiger partial charge in [-0.25, -0.2) is 0 Å². The number of H-pyrrole nitrogens is 1. The summed E-state index contributed by atoms with van der Waals surface area (Å²) in [7, 11) is 0. The number of aliphatic carboxylic acids is 1. The minimum Gasteiger partial charge on any atom is -0.481 e. The predicted octanol–water partition coefficient (Wildman–Crippen LogP) is 3.26. The first-order valence-corrected chi connectivity index (χ1v) is 5.86. The van der Waals surface area contributed by atoms with Crippen molar-refractivity contribution in [2.75, 3.05) is 0 Å². The molecule has 4 heteroatoms. The molecule has 0 unspecified atom stereocenters. The van der Waals surface area contributed by atoms with E-state index in [9.17, 15) is 4.79 Å². The predicted molar refractivity (Wildman–Crippen MR) is 66.7 cm³/mol. The summed E-state index contributed by atoms with van der Waals surface area (Å²) >= 11 is 3.48. The van der Waals surface area contributed by atoms with Crippen LogP contribution >= 0.6 is 15.9 Å². The lowest BCUT2D eigenvalue weighted by Gasteiger charge is -1.98. The zero-order valence-corrected chi connectivity index (χ0v) is 10.5. The number of hydrogen-bond acceptors (Lipinski definition) is 1. The number of aromatic nitrogens is 1. The first-order chi connectivity index (χ1) is 7.59. The van der Waals surface area contributed by atoms with Gasteiger partial charge >= 0.3 is 5.97 Å². The Kier molecular flexibility index (Phi) is 3.01. The van der Waals surface area contributed by atoms with Gasteiger partial charge in [-0.1, -0.05) is 12.1 Å². The van der Waals surface area contributed by atoms with E-state index in [-0.39, 0.29) is 6.42 Å². The molecular formula is C12H12BrNO2. The van der Waals surface area contributed by atoms with E-state index < -0.39 is 5.97 Å². The van der Waals surface area contributed by atoms with Crippen molar-refractivity contribution in [2.24, 2.45) is 0 Å². The van der Waals surface area contributed by atoms with Crippen molar-refractivity contribution in [2.45, 2.75) is 19.8 Å². The van der Waals surface area contributed by atoms with Crippen LogP contribution < -0.4 is 0 Å². The second-order valence-electron chi connectivity index (χ2n) is 3.78. The first kappa shape index (κ1) is 11.2. The monoisotopic (exact) mass is 281 g/mol. The third-order valence-corrected chi connectivity index (χ3v) is 3.35. The van der Waals surface area contributed by atoms with Gasteiger partial charge in [-0.3, -0.25) is 4.79 Å². The van der Waals surface area contributed by atoms with Crippen molar-refractivity contribution in [3.8, 4) is 0 Å². The maximum atomic E-state index is 10.6. The van der Waals surface area contributed by atoms with Gasteiger partial charge in [-0.15, -0.1) is 0 Å². The van der Waals surface area contributed by atoms with Crippen LogP contribution in [0.25, 0.3) is 10.9 Å². The van der Waals surface area contributed by atoms with Gasteiger partial charge in [0.2, 0.25) is 0 Å². The van der Waals surface area contributed by atoms with Crippen LogP contribution in [0.4, 0.5) is 0 Å². The number of rotatable bonds is 3. The zero-order chi connectivity index (χ0) is 11.7. The number of aromatic amines is 1. The topological polar surface area (TPSA) is 53.1 Å². The van der Waals surface area contributed by atoms with Crippen molar-refractivity contribution in [3.05, 3.63) is 33.9 Å². The molecule has 0 amide bonds. The maximum absolute atomic E-state index is 10.6. The number of carbonyl (C=O) groups is 1. The van der Waals surface area contributed by atoms with Crippen molar-refractivity contribution < 1.29 is 9.90 Å². The number of hydrogen-bond donors (Lipinski definition) is 2. The standard InChI is InChI=1S/C12H12BrNO2/c1-7-8(5-6-11(15)16)9-3-2-4-10(13)12(9)14-7/h2-4,14H,5-6H2,1H3,(H,15,16). The molecule has 0 aliphatic carbocycles. The van der Waals surface area contributed by atoms with E-state index in [0.717, 1.165) is 26.6 Å². The second kappa shape index (κ2) is 4.29. The van der Waals surface area contributed by atoms with Crippen molar-refractivity contribution in [1.82, 2.24) is 4.98 Å². The van der Waals surface area contributed by atoms with Crippen LogP contribution in [0.1, 0.15) is 17.7 Å². The molecule has 0 aliphatic rings. The molecule has 0 radical (unpaired) electrons. The summed E-state index contributed by atoms with van der Waals surface area (Å²) in [6, 6.07) is 5.95. The summed E-state index contributed by atoms with van der Waals surface area (Å²) in [5.41, 5.74) is 3.18. The van der Waals surface area contributed by atoms with E-state index >= 15 is 0 Å². The molecule has 3 nitrogen and oxygen atoms in total. The Bertz CT molecular complexity index is 545. The molecule has 0 saturated heterocycles. The minimum absolute atomic E-state index is 0.167. The lowest BCUT2D eigenvalue weighted by atomic mass is 10.1. The largest absolute Gasteiger partial charge is 0.481 e. The number of benzene rings is 1. The summed E-state index contributed by atoms with van der Waals surface area (Å²) < 4.78 is 1.01. The number of fused-ring (bicyclic) bond motifs is 1. The Morgan fingerprint density at radius 2 is 2.25 bits per heavy atom. The summed E-state index contributed by atoms with van der Waals surface area (Å²) in [6.45, 7) is 1.98. The van der Waals surface area contributed by atoms with Crippen LogP contribution in [0.5, 0.6) is 0 Å². The maximum Gasteiger partial charge on any atom is 0.303 e. The fraction of sp³-hybridized carbons (Fsp3) is 0.250. The fourth-order valence-electron chi connectivity index (χ4n) is 1.92. The number of para-hydroxylation sites is 1. The average Bonchev–Trinajstić information content (AvgIpc) is 2.53. The SMILES string of the molecule is Cc1[nH]c2c(Br)cccc2c1CCC(=O)O. The Balaban J connectivity index is 2.48. The van der Waals surface area contributed by atoms with Crippen molar-refractivity contribution in [3.63, 3.8) is 0 Å². The third kappa shape index (κ3) is 1.97. The average molecular weight is 282 g/mol. The van der Waals surface area contributed by atoms with E-state index in [1.165, 1.54) is 0 Å². The Labute approximate surface area is 102 Å². The molecule has 2 N–H and O–H groups in total. The highest BCUT2D eigenvalue weighted by molar-refractivity contribution is 9.10. The van der Waals surface area contributed by atoms with E-state index in [1.54, 1.807) is 0 Å². The molecular weight excluding hydrogens is 270 g/mol. The van der Waals surface area contributed by atoms with Crippen molar-refractivity contribution >= 4 is 32.8 Å². The highest BCUT2D eigenvalue weighted by Gasteiger charge is 2.11. The van der Waals surface area contributed by atoms with Crippen LogP contribution in [0.3, 0.4) is 0 Å². The Morgan fingerprint density at radius 1 is 1.50 bits per heavy atom. The van der Waals surface area contributed by atoms with Gasteiger partial charge in [0.15, 0.2) is 0 Å². The lowest BCUT2D eigenvalue weighted by molar-refractivity contribution is -0.136. The van der Waals surface area contributed by atoms with Gasteiger partial charge < -0.3 is 10.1 Å².